The quantitative estimate of drug-likeness (QED) is 0.302. The fraction of sp³-hybridized carbons (Fsp3) is 0.0769. The van der Waals surface area contributed by atoms with Crippen LogP contribution in [-0.4, -0.2) is 15.5 Å². The molecule has 0 bridgehead atoms. The largest absolute Gasteiger partial charge is 0.341 e. The third kappa shape index (κ3) is 3.11. The third-order valence-electron chi connectivity index (χ3n) is 5.68. The standard InChI is InChI=1S/C26H19N3OS2/c1-2-29-20-9-5-3-7-17(20)18-15-16(11-12-21(18)29)27-25(30)23-13-14-24(31-23)26-28-19-8-4-6-10-22(19)32-26/h3-15H,2H2,1H3,(H,27,30). The van der Waals surface area contributed by atoms with E-state index in [-0.39, 0.29) is 5.91 Å². The van der Waals surface area contributed by atoms with Gasteiger partial charge in [0.25, 0.3) is 5.91 Å². The lowest BCUT2D eigenvalue weighted by atomic mass is 10.1. The van der Waals surface area contributed by atoms with E-state index in [0.717, 1.165) is 37.7 Å². The summed E-state index contributed by atoms with van der Waals surface area (Å²) in [6.07, 6.45) is 0. The van der Waals surface area contributed by atoms with Crippen molar-refractivity contribution in [3.05, 3.63) is 83.7 Å². The highest BCUT2D eigenvalue weighted by Gasteiger charge is 2.15. The van der Waals surface area contributed by atoms with E-state index in [1.165, 1.54) is 27.8 Å². The molecule has 3 aromatic carbocycles. The monoisotopic (exact) mass is 453 g/mol. The lowest BCUT2D eigenvalue weighted by Crippen LogP contribution is -2.09. The average Bonchev–Trinajstić information content (AvgIpc) is 3.54. The predicted molar refractivity (Wildman–Crippen MR) is 136 cm³/mol. The number of aryl methyl sites for hydroxylation is 1. The van der Waals surface area contributed by atoms with E-state index in [1.807, 2.05) is 36.4 Å². The minimum Gasteiger partial charge on any atom is -0.341 e. The van der Waals surface area contributed by atoms with Gasteiger partial charge in [0, 0.05) is 34.0 Å². The zero-order chi connectivity index (χ0) is 21.7. The number of hydrogen-bond acceptors (Lipinski definition) is 4. The number of rotatable bonds is 4. The Morgan fingerprint density at radius 2 is 1.72 bits per heavy atom. The number of amides is 1. The lowest BCUT2D eigenvalue weighted by molar-refractivity contribution is 0.103. The maximum atomic E-state index is 13.0. The van der Waals surface area contributed by atoms with Crippen LogP contribution in [-0.2, 0) is 6.54 Å². The van der Waals surface area contributed by atoms with Crippen molar-refractivity contribution in [3.8, 4) is 9.88 Å². The zero-order valence-electron chi connectivity index (χ0n) is 17.3. The Bertz CT molecular complexity index is 1590. The molecular weight excluding hydrogens is 434 g/mol. The summed E-state index contributed by atoms with van der Waals surface area (Å²) in [5.41, 5.74) is 4.19. The molecule has 0 aliphatic carbocycles. The van der Waals surface area contributed by atoms with E-state index in [4.69, 9.17) is 4.98 Å². The number of thiophene rings is 1. The van der Waals surface area contributed by atoms with Gasteiger partial charge in [0.1, 0.15) is 5.01 Å². The van der Waals surface area contributed by atoms with E-state index in [2.05, 4.69) is 59.3 Å². The number of fused-ring (bicyclic) bond motifs is 4. The Morgan fingerprint density at radius 1 is 0.906 bits per heavy atom. The number of nitrogens with one attached hydrogen (secondary N) is 1. The summed E-state index contributed by atoms with van der Waals surface area (Å²) in [6, 6.07) is 26.5. The second kappa shape index (κ2) is 7.58. The molecule has 0 radical (unpaired) electrons. The molecule has 0 atom stereocenters. The van der Waals surface area contributed by atoms with E-state index in [9.17, 15) is 4.79 Å². The van der Waals surface area contributed by atoms with Gasteiger partial charge in [-0.05, 0) is 55.5 Å². The molecule has 0 saturated heterocycles. The second-order valence-corrected chi connectivity index (χ2v) is 9.71. The van der Waals surface area contributed by atoms with E-state index in [1.54, 1.807) is 11.3 Å². The maximum absolute atomic E-state index is 13.0. The second-order valence-electron chi connectivity index (χ2n) is 7.60. The van der Waals surface area contributed by atoms with Gasteiger partial charge in [-0.3, -0.25) is 4.79 Å². The van der Waals surface area contributed by atoms with Crippen molar-refractivity contribution in [2.75, 3.05) is 5.32 Å². The zero-order valence-corrected chi connectivity index (χ0v) is 19.0. The smallest absolute Gasteiger partial charge is 0.265 e. The van der Waals surface area contributed by atoms with Crippen LogP contribution in [0.1, 0.15) is 16.6 Å². The number of carbonyl (C=O) groups excluding carboxylic acids is 1. The van der Waals surface area contributed by atoms with Crippen LogP contribution in [0.5, 0.6) is 0 Å². The number of carbonyl (C=O) groups is 1. The summed E-state index contributed by atoms with van der Waals surface area (Å²) < 4.78 is 3.46. The average molecular weight is 454 g/mol. The molecule has 3 aromatic heterocycles. The molecule has 0 aliphatic heterocycles. The van der Waals surface area contributed by atoms with Crippen LogP contribution < -0.4 is 5.32 Å². The Morgan fingerprint density at radius 3 is 2.59 bits per heavy atom. The van der Waals surface area contributed by atoms with Gasteiger partial charge in [0.15, 0.2) is 0 Å². The Hall–Kier alpha value is -3.48. The van der Waals surface area contributed by atoms with Crippen LogP contribution in [0.25, 0.3) is 41.9 Å². The van der Waals surface area contributed by atoms with Crippen molar-refractivity contribution in [1.29, 1.82) is 0 Å². The highest BCUT2D eigenvalue weighted by molar-refractivity contribution is 7.26. The highest BCUT2D eigenvalue weighted by atomic mass is 32.1. The van der Waals surface area contributed by atoms with Crippen LogP contribution in [0.3, 0.4) is 0 Å². The Kier molecular flexibility index (Phi) is 4.56. The summed E-state index contributed by atoms with van der Waals surface area (Å²) in [6.45, 7) is 3.06. The Balaban J connectivity index is 1.31. The molecule has 3 heterocycles. The first-order valence-corrected chi connectivity index (χ1v) is 12.1. The van der Waals surface area contributed by atoms with Crippen molar-refractivity contribution in [2.24, 2.45) is 0 Å². The SMILES string of the molecule is CCn1c2ccccc2c2cc(NC(=O)c3ccc(-c4nc5ccccc5s4)s3)ccc21. The number of aromatic nitrogens is 2. The summed E-state index contributed by atoms with van der Waals surface area (Å²) >= 11 is 3.13. The minimum atomic E-state index is -0.0964. The van der Waals surface area contributed by atoms with Crippen molar-refractivity contribution >= 4 is 66.3 Å². The van der Waals surface area contributed by atoms with Crippen LogP contribution >= 0.6 is 22.7 Å². The molecule has 0 spiro atoms. The molecule has 0 saturated carbocycles. The number of para-hydroxylation sites is 2. The first kappa shape index (κ1) is 19.2. The number of nitrogens with zero attached hydrogens (tertiary/aromatic N) is 2. The molecular formula is C26H19N3OS2. The topological polar surface area (TPSA) is 46.9 Å². The molecule has 0 aliphatic rings. The summed E-state index contributed by atoms with van der Waals surface area (Å²) in [7, 11) is 0. The van der Waals surface area contributed by atoms with Gasteiger partial charge in [-0.2, -0.15) is 0 Å². The molecule has 32 heavy (non-hydrogen) atoms. The van der Waals surface area contributed by atoms with E-state index < -0.39 is 0 Å². The van der Waals surface area contributed by atoms with Crippen LogP contribution in [0, 0.1) is 0 Å². The van der Waals surface area contributed by atoms with Gasteiger partial charge in [-0.25, -0.2) is 4.98 Å². The molecule has 6 aromatic rings. The first-order chi connectivity index (χ1) is 15.7. The number of thiazole rings is 1. The van der Waals surface area contributed by atoms with Crippen molar-refractivity contribution in [2.45, 2.75) is 13.5 Å². The Labute approximate surface area is 192 Å². The molecule has 0 unspecified atom stereocenters. The van der Waals surface area contributed by atoms with Gasteiger partial charge in [-0.15, -0.1) is 22.7 Å². The summed E-state index contributed by atoms with van der Waals surface area (Å²) in [5.74, 6) is -0.0964. The van der Waals surface area contributed by atoms with Crippen molar-refractivity contribution < 1.29 is 4.79 Å². The molecule has 1 N–H and O–H groups in total. The first-order valence-electron chi connectivity index (χ1n) is 10.5. The fourth-order valence-corrected chi connectivity index (χ4v) is 6.14. The number of hydrogen-bond donors (Lipinski definition) is 1. The van der Waals surface area contributed by atoms with Crippen LogP contribution in [0.2, 0.25) is 0 Å². The van der Waals surface area contributed by atoms with Crippen LogP contribution in [0.15, 0.2) is 78.9 Å². The molecule has 6 heteroatoms. The number of anilines is 1. The van der Waals surface area contributed by atoms with Gasteiger partial charge >= 0.3 is 0 Å². The fourth-order valence-electron chi connectivity index (χ4n) is 4.22. The molecule has 156 valence electrons. The highest BCUT2D eigenvalue weighted by Crippen LogP contribution is 2.35. The minimum absolute atomic E-state index is 0.0964. The van der Waals surface area contributed by atoms with E-state index in [0.29, 0.717) is 4.88 Å². The van der Waals surface area contributed by atoms with Gasteiger partial charge in [0.05, 0.1) is 20.0 Å². The van der Waals surface area contributed by atoms with Gasteiger partial charge in [-0.1, -0.05) is 30.3 Å². The molecule has 0 fully saturated rings. The van der Waals surface area contributed by atoms with Gasteiger partial charge in [0.2, 0.25) is 0 Å². The third-order valence-corrected chi connectivity index (χ3v) is 7.97. The van der Waals surface area contributed by atoms with Crippen molar-refractivity contribution in [3.63, 3.8) is 0 Å². The van der Waals surface area contributed by atoms with Crippen LogP contribution in [0.4, 0.5) is 5.69 Å². The molecule has 4 nitrogen and oxygen atoms in total. The lowest BCUT2D eigenvalue weighted by Gasteiger charge is -2.06. The maximum Gasteiger partial charge on any atom is 0.265 e. The predicted octanol–water partition coefficient (Wildman–Crippen LogP) is 7.40. The molecule has 6 rings (SSSR count). The number of benzene rings is 3. The summed E-state index contributed by atoms with van der Waals surface area (Å²) in [5, 5.41) is 6.38. The van der Waals surface area contributed by atoms with E-state index >= 15 is 0 Å². The normalized spacial score (nSPS) is 11.5. The van der Waals surface area contributed by atoms with Gasteiger partial charge < -0.3 is 9.88 Å². The summed E-state index contributed by atoms with van der Waals surface area (Å²) in [4.78, 5) is 19.4. The van der Waals surface area contributed by atoms with Crippen molar-refractivity contribution in [1.82, 2.24) is 9.55 Å². The molecule has 1 amide bonds.